The van der Waals surface area contributed by atoms with Gasteiger partial charge in [0, 0.05) is 5.56 Å². The fourth-order valence-electron chi connectivity index (χ4n) is 4.44. The minimum absolute atomic E-state index is 0. The average molecular weight is 546 g/mol. The van der Waals surface area contributed by atoms with E-state index in [2.05, 4.69) is 11.4 Å². The fourth-order valence-corrected chi connectivity index (χ4v) is 4.91. The number of para-hydroxylation sites is 1. The van der Waals surface area contributed by atoms with Gasteiger partial charge in [-0.1, -0.05) is 66.7 Å². The van der Waals surface area contributed by atoms with Gasteiger partial charge in [0.2, 0.25) is 0 Å². The van der Waals surface area contributed by atoms with Crippen molar-refractivity contribution in [2.75, 3.05) is 12.0 Å². The summed E-state index contributed by atoms with van der Waals surface area (Å²) in [7, 11) is 0. The van der Waals surface area contributed by atoms with Crippen LogP contribution >= 0.6 is 11.8 Å². The number of amides is 1. The number of ether oxygens (including phenoxy) is 1. The van der Waals surface area contributed by atoms with Gasteiger partial charge in [-0.3, -0.25) is 4.79 Å². The summed E-state index contributed by atoms with van der Waals surface area (Å²) in [4.78, 5) is 24.9. The molecule has 200 valence electrons. The van der Waals surface area contributed by atoms with Gasteiger partial charge in [-0.25, -0.2) is 0 Å². The first-order valence-corrected chi connectivity index (χ1v) is 14.4. The van der Waals surface area contributed by atoms with Crippen LogP contribution in [0.5, 0.6) is 11.5 Å². The number of hydrogen-bond donors (Lipinski definition) is 1. The first-order chi connectivity index (χ1) is 18.9. The number of nitrogens with one attached hydrogen (secondary N) is 1. The number of thioether (sulfide) groups is 1. The van der Waals surface area contributed by atoms with Crippen LogP contribution in [0.25, 0.3) is 11.1 Å². The SMILES string of the molecule is CSCC[C@H](NC(=O)c1ccc(CCc2cccc(Oc3ccccc3)c2)cc1-c1ccccc1C)C(=O)[O-].[Li+]. The van der Waals surface area contributed by atoms with Crippen molar-refractivity contribution in [3.05, 3.63) is 119 Å². The number of aryl methyl sites for hydroxylation is 3. The second-order valence-electron chi connectivity index (χ2n) is 9.38. The molecule has 4 rings (SSSR count). The van der Waals surface area contributed by atoms with Crippen molar-refractivity contribution in [1.29, 1.82) is 0 Å². The van der Waals surface area contributed by atoms with Crippen molar-refractivity contribution in [3.8, 4) is 22.6 Å². The van der Waals surface area contributed by atoms with Gasteiger partial charge in [-0.05, 0) is 96.3 Å². The van der Waals surface area contributed by atoms with E-state index in [4.69, 9.17) is 4.74 Å². The molecule has 0 bridgehead atoms. The molecular formula is C33H32LiNO4S. The van der Waals surface area contributed by atoms with Crippen LogP contribution in [0.1, 0.15) is 33.5 Å². The molecule has 0 aliphatic heterocycles. The molecule has 0 aliphatic rings. The molecule has 40 heavy (non-hydrogen) atoms. The van der Waals surface area contributed by atoms with Crippen molar-refractivity contribution in [1.82, 2.24) is 5.32 Å². The summed E-state index contributed by atoms with van der Waals surface area (Å²) < 4.78 is 5.98. The Morgan fingerprint density at radius 2 is 1.50 bits per heavy atom. The zero-order valence-electron chi connectivity index (χ0n) is 23.2. The van der Waals surface area contributed by atoms with E-state index in [0.29, 0.717) is 17.7 Å². The van der Waals surface area contributed by atoms with Crippen LogP contribution in [-0.2, 0) is 17.6 Å². The molecule has 4 aromatic rings. The summed E-state index contributed by atoms with van der Waals surface area (Å²) in [6.45, 7) is 2.00. The number of carbonyl (C=O) groups is 2. The van der Waals surface area contributed by atoms with Crippen molar-refractivity contribution in [3.63, 3.8) is 0 Å². The Morgan fingerprint density at radius 1 is 0.825 bits per heavy atom. The Bertz CT molecular complexity index is 1430. The standard InChI is InChI=1S/C33H33NO4S.Li/c1-23-9-6-7-14-28(23)30-22-25(17-18-29(30)32(35)34-31(33(36)37)19-20-39-2)16-15-24-10-8-13-27(21-24)38-26-11-4-3-5-12-26;/h3-14,17-18,21-22,31H,15-16,19-20H2,1-2H3,(H,34,35)(H,36,37);/q;+1/p-1/t31-;/m0./s1. The number of carboxylic acid groups (broad SMARTS) is 1. The summed E-state index contributed by atoms with van der Waals surface area (Å²) in [5.74, 6) is 0.502. The van der Waals surface area contributed by atoms with Crippen LogP contribution in [0.3, 0.4) is 0 Å². The number of hydrogen-bond acceptors (Lipinski definition) is 5. The second kappa shape index (κ2) is 15.4. The number of carbonyl (C=O) groups excluding carboxylic acids is 2. The fraction of sp³-hybridized carbons (Fsp3) is 0.212. The first-order valence-electron chi connectivity index (χ1n) is 13.0. The van der Waals surface area contributed by atoms with E-state index in [-0.39, 0.29) is 18.9 Å². The Hall–Kier alpha value is -3.43. The normalized spacial score (nSPS) is 11.2. The van der Waals surface area contributed by atoms with E-state index in [1.54, 1.807) is 6.07 Å². The van der Waals surface area contributed by atoms with Gasteiger partial charge in [0.15, 0.2) is 0 Å². The van der Waals surface area contributed by atoms with E-state index in [1.807, 2.05) is 98.1 Å². The van der Waals surface area contributed by atoms with Gasteiger partial charge < -0.3 is 20.0 Å². The second-order valence-corrected chi connectivity index (χ2v) is 10.4. The quantitative estimate of drug-likeness (QED) is 0.277. The molecule has 0 aromatic heterocycles. The summed E-state index contributed by atoms with van der Waals surface area (Å²) in [6, 6.07) is 30.4. The van der Waals surface area contributed by atoms with Gasteiger partial charge in [0.1, 0.15) is 11.5 Å². The van der Waals surface area contributed by atoms with Gasteiger partial charge in [0.25, 0.3) is 5.91 Å². The Morgan fingerprint density at radius 3 is 2.20 bits per heavy atom. The monoisotopic (exact) mass is 545 g/mol. The molecule has 0 heterocycles. The van der Waals surface area contributed by atoms with E-state index >= 15 is 0 Å². The Kier molecular flexibility index (Phi) is 12.0. The van der Waals surface area contributed by atoms with E-state index in [9.17, 15) is 14.7 Å². The topological polar surface area (TPSA) is 78.5 Å². The van der Waals surface area contributed by atoms with Gasteiger partial charge in [0.05, 0.1) is 12.0 Å². The van der Waals surface area contributed by atoms with Gasteiger partial charge in [-0.2, -0.15) is 11.8 Å². The molecule has 0 saturated carbocycles. The van der Waals surface area contributed by atoms with Crippen molar-refractivity contribution in [2.24, 2.45) is 0 Å². The maximum Gasteiger partial charge on any atom is 1.00 e. The molecule has 0 aliphatic carbocycles. The van der Waals surface area contributed by atoms with E-state index < -0.39 is 17.9 Å². The number of aliphatic carboxylic acids is 1. The molecule has 0 spiro atoms. The zero-order valence-corrected chi connectivity index (χ0v) is 24.0. The zero-order chi connectivity index (χ0) is 27.6. The minimum Gasteiger partial charge on any atom is -0.548 e. The minimum atomic E-state index is -1.27. The summed E-state index contributed by atoms with van der Waals surface area (Å²) in [5.41, 5.74) is 5.43. The predicted molar refractivity (Wildman–Crippen MR) is 156 cm³/mol. The first kappa shape index (κ1) is 31.1. The molecule has 5 nitrogen and oxygen atoms in total. The van der Waals surface area contributed by atoms with E-state index in [1.165, 1.54) is 11.8 Å². The Balaban J connectivity index is 0.00000441. The molecule has 0 unspecified atom stereocenters. The van der Waals surface area contributed by atoms with Gasteiger partial charge in [-0.15, -0.1) is 0 Å². The van der Waals surface area contributed by atoms with Crippen LogP contribution in [0, 0.1) is 6.92 Å². The maximum atomic E-state index is 13.3. The van der Waals surface area contributed by atoms with Gasteiger partial charge >= 0.3 is 18.9 Å². The van der Waals surface area contributed by atoms with E-state index in [0.717, 1.165) is 52.2 Å². The third-order valence-corrected chi connectivity index (χ3v) is 7.19. The van der Waals surface area contributed by atoms with Crippen molar-refractivity contribution in [2.45, 2.75) is 32.2 Å². The number of benzene rings is 4. The van der Waals surface area contributed by atoms with Crippen LogP contribution in [-0.4, -0.2) is 29.9 Å². The summed E-state index contributed by atoms with van der Waals surface area (Å²) >= 11 is 1.53. The van der Waals surface area contributed by atoms with Crippen LogP contribution in [0.4, 0.5) is 0 Å². The molecule has 0 radical (unpaired) electrons. The molecule has 1 amide bonds. The maximum absolute atomic E-state index is 13.3. The average Bonchev–Trinajstić information content (AvgIpc) is 2.95. The van der Waals surface area contributed by atoms with Crippen LogP contribution in [0.2, 0.25) is 0 Å². The third-order valence-electron chi connectivity index (χ3n) is 6.54. The molecule has 1 atom stereocenters. The Labute approximate surface area is 252 Å². The summed E-state index contributed by atoms with van der Waals surface area (Å²) in [6.07, 6.45) is 3.77. The molecule has 1 N–H and O–H groups in total. The predicted octanol–water partition coefficient (Wildman–Crippen LogP) is 2.84. The molecular weight excluding hydrogens is 513 g/mol. The van der Waals surface area contributed by atoms with Crippen LogP contribution < -0.4 is 34.0 Å². The molecule has 7 heteroatoms. The third kappa shape index (κ3) is 8.53. The van der Waals surface area contributed by atoms with Crippen molar-refractivity contribution >= 4 is 23.6 Å². The van der Waals surface area contributed by atoms with Crippen LogP contribution in [0.15, 0.2) is 97.1 Å². The summed E-state index contributed by atoms with van der Waals surface area (Å²) in [5, 5.41) is 14.3. The van der Waals surface area contributed by atoms with Crippen molar-refractivity contribution < 1.29 is 38.3 Å². The molecule has 0 fully saturated rings. The number of carboxylic acids is 1. The smallest absolute Gasteiger partial charge is 0.548 e. The number of rotatable bonds is 12. The molecule has 0 saturated heterocycles. The largest absolute Gasteiger partial charge is 1.00 e. The molecule has 4 aromatic carbocycles.